The highest BCUT2D eigenvalue weighted by Crippen LogP contribution is 2.17. The van der Waals surface area contributed by atoms with Crippen molar-refractivity contribution in [1.82, 2.24) is 5.43 Å². The molecule has 0 saturated heterocycles. The van der Waals surface area contributed by atoms with E-state index in [-0.39, 0.29) is 5.91 Å². The van der Waals surface area contributed by atoms with Crippen LogP contribution in [-0.2, 0) is 11.2 Å². The smallest absolute Gasteiger partial charge is 0.244 e. The van der Waals surface area contributed by atoms with Crippen LogP contribution in [-0.4, -0.2) is 19.2 Å². The van der Waals surface area contributed by atoms with Crippen molar-refractivity contribution in [3.8, 4) is 5.75 Å². The fraction of sp³-hybridized carbons (Fsp3) is 0.176. The van der Waals surface area contributed by atoms with Crippen LogP contribution in [0.5, 0.6) is 5.75 Å². The van der Waals surface area contributed by atoms with Crippen molar-refractivity contribution in [2.45, 2.75) is 13.3 Å². The number of ether oxygens (including phenoxy) is 1. The molecule has 0 aliphatic rings. The zero-order chi connectivity index (χ0) is 15.1. The molecule has 0 heterocycles. The highest BCUT2D eigenvalue weighted by Gasteiger charge is 2.01. The largest absolute Gasteiger partial charge is 0.496 e. The number of aryl methyl sites for hydroxylation is 1. The molecule has 2 aromatic rings. The van der Waals surface area contributed by atoms with E-state index in [1.54, 1.807) is 13.3 Å². The maximum atomic E-state index is 11.7. The van der Waals surface area contributed by atoms with Gasteiger partial charge in [-0.05, 0) is 41.8 Å². The lowest BCUT2D eigenvalue weighted by molar-refractivity contribution is -0.120. The summed E-state index contributed by atoms with van der Waals surface area (Å²) in [6, 6.07) is 15.3. The number of carbonyl (C=O) groups excluding carboxylic acids is 1. The van der Waals surface area contributed by atoms with Gasteiger partial charge in [-0.25, -0.2) is 5.43 Å². The molecule has 1 amide bonds. The minimum Gasteiger partial charge on any atom is -0.496 e. The van der Waals surface area contributed by atoms with Crippen molar-refractivity contribution < 1.29 is 9.53 Å². The third kappa shape index (κ3) is 4.45. The molecular weight excluding hydrogens is 264 g/mol. The van der Waals surface area contributed by atoms with Gasteiger partial charge in [0.25, 0.3) is 0 Å². The maximum absolute atomic E-state index is 11.7. The van der Waals surface area contributed by atoms with Crippen molar-refractivity contribution in [3.05, 3.63) is 65.2 Å². The molecule has 1 N–H and O–H groups in total. The van der Waals surface area contributed by atoms with Gasteiger partial charge in [0, 0.05) is 0 Å². The van der Waals surface area contributed by atoms with Gasteiger partial charge in [0.05, 0.1) is 19.7 Å². The Bertz CT molecular complexity index is 636. The Hall–Kier alpha value is -2.62. The van der Waals surface area contributed by atoms with Crippen LogP contribution in [0.15, 0.2) is 53.6 Å². The number of hydrazone groups is 1. The first-order valence-electron chi connectivity index (χ1n) is 6.69. The SMILES string of the molecule is COc1ccc(/C=N/NC(=O)Cc2ccccc2)cc1C. The number of nitrogens with one attached hydrogen (secondary N) is 1. The van der Waals surface area contributed by atoms with E-state index in [2.05, 4.69) is 10.5 Å². The van der Waals surface area contributed by atoms with Crippen molar-refractivity contribution >= 4 is 12.1 Å². The van der Waals surface area contributed by atoms with E-state index < -0.39 is 0 Å². The molecule has 0 aromatic heterocycles. The van der Waals surface area contributed by atoms with E-state index in [0.717, 1.165) is 22.4 Å². The Labute approximate surface area is 124 Å². The van der Waals surface area contributed by atoms with Crippen LogP contribution in [0, 0.1) is 6.92 Å². The van der Waals surface area contributed by atoms with Crippen LogP contribution in [0.25, 0.3) is 0 Å². The first-order chi connectivity index (χ1) is 10.2. The molecule has 0 spiro atoms. The number of amides is 1. The third-order valence-corrected chi connectivity index (χ3v) is 3.03. The monoisotopic (exact) mass is 282 g/mol. The average Bonchev–Trinajstić information content (AvgIpc) is 2.48. The molecule has 0 bridgehead atoms. The summed E-state index contributed by atoms with van der Waals surface area (Å²) in [7, 11) is 1.64. The first-order valence-corrected chi connectivity index (χ1v) is 6.69. The number of rotatable bonds is 5. The van der Waals surface area contributed by atoms with Gasteiger partial charge in [-0.15, -0.1) is 0 Å². The fourth-order valence-electron chi connectivity index (χ4n) is 1.98. The molecule has 0 radical (unpaired) electrons. The van der Waals surface area contributed by atoms with E-state index in [9.17, 15) is 4.79 Å². The molecule has 2 aromatic carbocycles. The zero-order valence-corrected chi connectivity index (χ0v) is 12.2. The van der Waals surface area contributed by atoms with Gasteiger partial charge in [-0.2, -0.15) is 5.10 Å². The van der Waals surface area contributed by atoms with Gasteiger partial charge in [0.2, 0.25) is 5.91 Å². The highest BCUT2D eigenvalue weighted by molar-refractivity contribution is 5.83. The van der Waals surface area contributed by atoms with Crippen molar-refractivity contribution in [3.63, 3.8) is 0 Å². The molecule has 21 heavy (non-hydrogen) atoms. The summed E-state index contributed by atoms with van der Waals surface area (Å²) in [5.41, 5.74) is 5.43. The molecule has 4 heteroatoms. The number of nitrogens with zero attached hydrogens (tertiary/aromatic N) is 1. The lowest BCUT2D eigenvalue weighted by Gasteiger charge is -2.04. The standard InChI is InChI=1S/C17H18N2O2/c1-13-10-15(8-9-16(13)21-2)12-18-19-17(20)11-14-6-4-3-5-7-14/h3-10,12H,11H2,1-2H3,(H,19,20)/b18-12+. The molecule has 0 aliphatic carbocycles. The van der Waals surface area contributed by atoms with Crippen molar-refractivity contribution in [2.75, 3.05) is 7.11 Å². The minimum absolute atomic E-state index is 0.136. The molecule has 0 fully saturated rings. The van der Waals surface area contributed by atoms with Gasteiger partial charge >= 0.3 is 0 Å². The van der Waals surface area contributed by atoms with Crippen LogP contribution in [0.4, 0.5) is 0 Å². The molecule has 2 rings (SSSR count). The topological polar surface area (TPSA) is 50.7 Å². The Kier molecular flexibility index (Phi) is 5.10. The Morgan fingerprint density at radius 2 is 2.00 bits per heavy atom. The van der Waals surface area contributed by atoms with Crippen molar-refractivity contribution in [2.24, 2.45) is 5.10 Å². The van der Waals surface area contributed by atoms with Crippen LogP contribution in [0.3, 0.4) is 0 Å². The number of benzene rings is 2. The maximum Gasteiger partial charge on any atom is 0.244 e. The third-order valence-electron chi connectivity index (χ3n) is 3.03. The second-order valence-corrected chi connectivity index (χ2v) is 4.68. The normalized spacial score (nSPS) is 10.6. The minimum atomic E-state index is -0.136. The second-order valence-electron chi connectivity index (χ2n) is 4.68. The van der Waals surface area contributed by atoms with E-state index >= 15 is 0 Å². The Morgan fingerprint density at radius 1 is 1.24 bits per heavy atom. The lowest BCUT2D eigenvalue weighted by atomic mass is 10.1. The summed E-state index contributed by atoms with van der Waals surface area (Å²) < 4.78 is 5.19. The average molecular weight is 282 g/mol. The first kappa shape index (κ1) is 14.8. The molecule has 0 aliphatic heterocycles. The predicted octanol–water partition coefficient (Wildman–Crippen LogP) is 2.70. The van der Waals surface area contributed by atoms with Gasteiger partial charge in [-0.1, -0.05) is 30.3 Å². The number of hydrogen-bond acceptors (Lipinski definition) is 3. The van der Waals surface area contributed by atoms with Crippen LogP contribution < -0.4 is 10.2 Å². The summed E-state index contributed by atoms with van der Waals surface area (Å²) in [6.07, 6.45) is 1.94. The fourth-order valence-corrected chi connectivity index (χ4v) is 1.98. The van der Waals surface area contributed by atoms with Gasteiger partial charge < -0.3 is 4.74 Å². The molecule has 108 valence electrons. The molecule has 4 nitrogen and oxygen atoms in total. The quantitative estimate of drug-likeness (QED) is 0.677. The van der Waals surface area contributed by atoms with Crippen LogP contribution in [0.2, 0.25) is 0 Å². The van der Waals surface area contributed by atoms with Gasteiger partial charge in [0.15, 0.2) is 0 Å². The zero-order valence-electron chi connectivity index (χ0n) is 12.2. The summed E-state index contributed by atoms with van der Waals surface area (Å²) in [6.45, 7) is 1.96. The molecule has 0 atom stereocenters. The lowest BCUT2D eigenvalue weighted by Crippen LogP contribution is -2.19. The van der Waals surface area contributed by atoms with E-state index in [1.807, 2.05) is 55.5 Å². The summed E-state index contributed by atoms with van der Waals surface area (Å²) in [5.74, 6) is 0.697. The molecule has 0 saturated carbocycles. The van der Waals surface area contributed by atoms with Gasteiger partial charge in [-0.3, -0.25) is 4.79 Å². The molecule has 0 unspecified atom stereocenters. The summed E-state index contributed by atoms with van der Waals surface area (Å²) >= 11 is 0. The number of hydrogen-bond donors (Lipinski definition) is 1. The number of methoxy groups -OCH3 is 1. The number of carbonyl (C=O) groups is 1. The van der Waals surface area contributed by atoms with E-state index in [0.29, 0.717) is 6.42 Å². The predicted molar refractivity (Wildman–Crippen MR) is 83.6 cm³/mol. The van der Waals surface area contributed by atoms with Crippen LogP contribution in [0.1, 0.15) is 16.7 Å². The second kappa shape index (κ2) is 7.24. The van der Waals surface area contributed by atoms with Gasteiger partial charge in [0.1, 0.15) is 5.75 Å². The highest BCUT2D eigenvalue weighted by atomic mass is 16.5. The summed E-state index contributed by atoms with van der Waals surface area (Å²) in [4.78, 5) is 11.7. The van der Waals surface area contributed by atoms with Crippen LogP contribution >= 0.6 is 0 Å². The van der Waals surface area contributed by atoms with E-state index in [4.69, 9.17) is 4.74 Å². The summed E-state index contributed by atoms with van der Waals surface area (Å²) in [5, 5.41) is 3.97. The molecular formula is C17H18N2O2. The Balaban J connectivity index is 1.90. The van der Waals surface area contributed by atoms with Crippen molar-refractivity contribution in [1.29, 1.82) is 0 Å². The Morgan fingerprint density at radius 3 is 2.67 bits per heavy atom. The van der Waals surface area contributed by atoms with E-state index in [1.165, 1.54) is 0 Å².